The van der Waals surface area contributed by atoms with Crippen molar-refractivity contribution >= 4 is 0 Å². The maximum Gasteiger partial charge on any atom is 0.255 e. The number of benzene rings is 1. The van der Waals surface area contributed by atoms with Gasteiger partial charge in [-0.05, 0) is 18.1 Å². The largest absolute Gasteiger partial charge is 0.392 e. The Morgan fingerprint density at radius 3 is 2.96 bits per heavy atom. The summed E-state index contributed by atoms with van der Waals surface area (Å²) in [7, 11) is 0. The smallest absolute Gasteiger partial charge is 0.255 e. The lowest BCUT2D eigenvalue weighted by molar-refractivity contribution is 0.102. The molecule has 1 aromatic heterocycles. The lowest BCUT2D eigenvalue weighted by Gasteiger charge is -2.29. The normalized spacial score (nSPS) is 16.0. The number of halogens is 1. The summed E-state index contributed by atoms with van der Waals surface area (Å²) >= 11 is 0. The van der Waals surface area contributed by atoms with E-state index in [-0.39, 0.29) is 23.9 Å². The Bertz CT molecular complexity index is 775. The number of hydrogen-bond acceptors (Lipinski definition) is 4. The topological polar surface area (TPSA) is 69.2 Å². The molecule has 0 unspecified atom stereocenters. The van der Waals surface area contributed by atoms with Gasteiger partial charge in [0.2, 0.25) is 0 Å². The van der Waals surface area contributed by atoms with Gasteiger partial charge in [0, 0.05) is 32.5 Å². The molecule has 1 aliphatic rings. The van der Waals surface area contributed by atoms with Gasteiger partial charge in [0.1, 0.15) is 11.6 Å². The van der Waals surface area contributed by atoms with Crippen molar-refractivity contribution in [2.24, 2.45) is 0 Å². The van der Waals surface area contributed by atoms with Crippen molar-refractivity contribution in [1.29, 1.82) is 0 Å². The predicted octanol–water partition coefficient (Wildman–Crippen LogP) is 1.63. The second kappa shape index (κ2) is 7.23. The van der Waals surface area contributed by atoms with Crippen molar-refractivity contribution in [3.63, 3.8) is 0 Å². The highest BCUT2D eigenvalue weighted by Crippen LogP contribution is 2.16. The van der Waals surface area contributed by atoms with E-state index in [4.69, 9.17) is 0 Å². The van der Waals surface area contributed by atoms with E-state index in [9.17, 15) is 14.3 Å². The first-order valence-corrected chi connectivity index (χ1v) is 8.31. The number of hydrogen-bond donors (Lipinski definition) is 2. The molecule has 1 aliphatic heterocycles. The van der Waals surface area contributed by atoms with Crippen LogP contribution in [0.5, 0.6) is 0 Å². The minimum atomic E-state index is -0.376. The van der Waals surface area contributed by atoms with Crippen LogP contribution < -0.4 is 5.56 Å². The Balaban J connectivity index is 1.80. The lowest BCUT2D eigenvalue weighted by atomic mass is 10.1. The van der Waals surface area contributed by atoms with Crippen molar-refractivity contribution in [3.05, 3.63) is 63.1 Å². The molecule has 0 amide bonds. The Morgan fingerprint density at radius 2 is 2.21 bits per heavy atom. The van der Waals surface area contributed by atoms with Gasteiger partial charge in [-0.15, -0.1) is 0 Å². The standard InChI is InChI=1S/C18H22FN3O2/c1-2-13(23)10-22-8-7-16-14(11-22)18(24)21-17(20-16)9-12-5-3-4-6-15(12)19/h3-6,13,23H,2,7-11H2,1H3,(H,20,21,24)/t13-/m0/s1. The van der Waals surface area contributed by atoms with Gasteiger partial charge in [-0.3, -0.25) is 9.69 Å². The van der Waals surface area contributed by atoms with Crippen molar-refractivity contribution in [2.45, 2.75) is 38.8 Å². The number of aliphatic hydroxyl groups is 1. The minimum Gasteiger partial charge on any atom is -0.392 e. The lowest BCUT2D eigenvalue weighted by Crippen LogP contribution is -2.40. The highest BCUT2D eigenvalue weighted by Gasteiger charge is 2.22. The van der Waals surface area contributed by atoms with E-state index in [0.717, 1.165) is 12.2 Å². The number of aliphatic hydroxyl groups excluding tert-OH is 1. The maximum atomic E-state index is 13.8. The second-order valence-electron chi connectivity index (χ2n) is 6.25. The Hall–Kier alpha value is -2.05. The quantitative estimate of drug-likeness (QED) is 0.874. The zero-order valence-electron chi connectivity index (χ0n) is 13.8. The number of β-amino-alcohol motifs (C(OH)–C–C–N with tert-alkyl or cyclic N) is 1. The van der Waals surface area contributed by atoms with E-state index >= 15 is 0 Å². The predicted molar refractivity (Wildman–Crippen MR) is 89.3 cm³/mol. The van der Waals surface area contributed by atoms with E-state index in [1.165, 1.54) is 6.07 Å². The number of nitrogens with zero attached hydrogens (tertiary/aromatic N) is 2. The molecule has 1 atom stereocenters. The van der Waals surface area contributed by atoms with E-state index in [0.29, 0.717) is 42.9 Å². The summed E-state index contributed by atoms with van der Waals surface area (Å²) in [6.07, 6.45) is 1.26. The van der Waals surface area contributed by atoms with E-state index in [2.05, 4.69) is 14.9 Å². The third-order valence-electron chi connectivity index (χ3n) is 4.45. The van der Waals surface area contributed by atoms with Crippen LogP contribution in [-0.2, 0) is 19.4 Å². The molecule has 5 nitrogen and oxygen atoms in total. The van der Waals surface area contributed by atoms with E-state index in [1.54, 1.807) is 18.2 Å². The molecule has 2 aromatic rings. The molecule has 0 bridgehead atoms. The molecule has 6 heteroatoms. The van der Waals surface area contributed by atoms with Gasteiger partial charge in [0.25, 0.3) is 5.56 Å². The fourth-order valence-electron chi connectivity index (χ4n) is 3.02. The number of aromatic nitrogens is 2. The van der Waals surface area contributed by atoms with Crippen LogP contribution >= 0.6 is 0 Å². The molecule has 0 spiro atoms. The summed E-state index contributed by atoms with van der Waals surface area (Å²) in [5.74, 6) is 0.198. The molecule has 0 saturated carbocycles. The van der Waals surface area contributed by atoms with Gasteiger partial charge in [-0.2, -0.15) is 0 Å². The van der Waals surface area contributed by atoms with Gasteiger partial charge in [-0.25, -0.2) is 9.37 Å². The summed E-state index contributed by atoms with van der Waals surface area (Å²) in [5.41, 5.74) is 1.79. The molecular weight excluding hydrogens is 309 g/mol. The zero-order chi connectivity index (χ0) is 17.1. The number of nitrogens with one attached hydrogen (secondary N) is 1. The van der Waals surface area contributed by atoms with Gasteiger partial charge in [0.05, 0.1) is 17.4 Å². The van der Waals surface area contributed by atoms with Crippen LogP contribution in [0.25, 0.3) is 0 Å². The van der Waals surface area contributed by atoms with Crippen LogP contribution in [0.2, 0.25) is 0 Å². The fourth-order valence-corrected chi connectivity index (χ4v) is 3.02. The summed E-state index contributed by atoms with van der Waals surface area (Å²) in [6, 6.07) is 6.51. The Kier molecular flexibility index (Phi) is 5.06. The molecule has 24 heavy (non-hydrogen) atoms. The zero-order valence-corrected chi connectivity index (χ0v) is 13.8. The molecule has 0 radical (unpaired) electrons. The Labute approximate surface area is 140 Å². The summed E-state index contributed by atoms with van der Waals surface area (Å²) in [4.78, 5) is 21.8. The number of rotatable bonds is 5. The van der Waals surface area contributed by atoms with Crippen LogP contribution in [0.1, 0.15) is 36.0 Å². The highest BCUT2D eigenvalue weighted by molar-refractivity contribution is 5.25. The third kappa shape index (κ3) is 3.71. The molecular formula is C18H22FN3O2. The molecule has 0 aliphatic carbocycles. The maximum absolute atomic E-state index is 13.8. The number of aromatic amines is 1. The summed E-state index contributed by atoms with van der Waals surface area (Å²) in [5, 5.41) is 9.78. The second-order valence-corrected chi connectivity index (χ2v) is 6.25. The minimum absolute atomic E-state index is 0.165. The third-order valence-corrected chi connectivity index (χ3v) is 4.45. The Morgan fingerprint density at radius 1 is 1.42 bits per heavy atom. The molecule has 0 fully saturated rings. The average Bonchev–Trinajstić information content (AvgIpc) is 2.57. The molecule has 3 rings (SSSR count). The van der Waals surface area contributed by atoms with Crippen LogP contribution in [0.4, 0.5) is 4.39 Å². The van der Waals surface area contributed by atoms with Crippen molar-refractivity contribution in [3.8, 4) is 0 Å². The highest BCUT2D eigenvalue weighted by atomic mass is 19.1. The van der Waals surface area contributed by atoms with E-state index in [1.807, 2.05) is 6.92 Å². The molecule has 0 saturated heterocycles. The van der Waals surface area contributed by atoms with Crippen LogP contribution in [-0.4, -0.2) is 39.2 Å². The molecule has 1 aromatic carbocycles. The number of fused-ring (bicyclic) bond motifs is 1. The SMILES string of the molecule is CC[C@H](O)CN1CCc2nc(Cc3ccccc3F)[nH]c(=O)c2C1. The van der Waals surface area contributed by atoms with Crippen LogP contribution in [0.15, 0.2) is 29.1 Å². The summed E-state index contributed by atoms with van der Waals surface area (Å²) in [6.45, 7) is 3.76. The molecule has 2 heterocycles. The molecule has 128 valence electrons. The van der Waals surface area contributed by atoms with Crippen LogP contribution in [0, 0.1) is 5.82 Å². The van der Waals surface area contributed by atoms with Gasteiger partial charge < -0.3 is 10.1 Å². The summed E-state index contributed by atoms with van der Waals surface area (Å²) < 4.78 is 13.8. The first-order valence-electron chi connectivity index (χ1n) is 8.31. The fraction of sp³-hybridized carbons (Fsp3) is 0.444. The van der Waals surface area contributed by atoms with Crippen molar-refractivity contribution in [1.82, 2.24) is 14.9 Å². The van der Waals surface area contributed by atoms with Gasteiger partial charge in [-0.1, -0.05) is 25.1 Å². The number of H-pyrrole nitrogens is 1. The van der Waals surface area contributed by atoms with E-state index < -0.39 is 0 Å². The van der Waals surface area contributed by atoms with Crippen LogP contribution in [0.3, 0.4) is 0 Å². The van der Waals surface area contributed by atoms with Gasteiger partial charge >= 0.3 is 0 Å². The molecule has 2 N–H and O–H groups in total. The van der Waals surface area contributed by atoms with Crippen molar-refractivity contribution in [2.75, 3.05) is 13.1 Å². The first kappa shape index (κ1) is 16.8. The average molecular weight is 331 g/mol. The van der Waals surface area contributed by atoms with Crippen molar-refractivity contribution < 1.29 is 9.50 Å². The van der Waals surface area contributed by atoms with Gasteiger partial charge in [0.15, 0.2) is 0 Å². The first-order chi connectivity index (χ1) is 11.6. The monoisotopic (exact) mass is 331 g/mol.